The molecule has 0 radical (unpaired) electrons. The Kier molecular flexibility index (Phi) is 6.94. The molecular weight excluding hydrogens is 371 g/mol. The predicted molar refractivity (Wildman–Crippen MR) is 86.7 cm³/mol. The first-order chi connectivity index (χ1) is 9.38. The molecular formula is C14H19IN2O3. The number of hydrogen-bond donors (Lipinski definition) is 3. The number of carbonyl (C=O) groups excluding carboxylic acids is 1. The van der Waals surface area contributed by atoms with Gasteiger partial charge in [0.05, 0.1) is 6.54 Å². The molecule has 1 unspecified atom stereocenters. The number of carboxylic acids is 1. The zero-order valence-corrected chi connectivity index (χ0v) is 13.7. The van der Waals surface area contributed by atoms with Gasteiger partial charge in [0.2, 0.25) is 5.91 Å². The second kappa shape index (κ2) is 8.21. The van der Waals surface area contributed by atoms with Crippen molar-refractivity contribution in [3.63, 3.8) is 0 Å². The molecule has 110 valence electrons. The highest BCUT2D eigenvalue weighted by molar-refractivity contribution is 14.1. The normalized spacial score (nSPS) is 12.2. The minimum absolute atomic E-state index is 0.0187. The van der Waals surface area contributed by atoms with Crippen LogP contribution in [0.3, 0.4) is 0 Å². The number of aliphatic carboxylic acids is 1. The number of carboxylic acid groups (broad SMARTS) is 1. The Morgan fingerprint density at radius 1 is 1.35 bits per heavy atom. The van der Waals surface area contributed by atoms with Crippen molar-refractivity contribution >= 4 is 40.2 Å². The van der Waals surface area contributed by atoms with E-state index in [1.54, 1.807) is 6.07 Å². The lowest BCUT2D eigenvalue weighted by Gasteiger charge is -2.16. The summed E-state index contributed by atoms with van der Waals surface area (Å²) in [4.78, 5) is 22.8. The molecule has 6 heteroatoms. The number of nitrogens with one attached hydrogen (secondary N) is 2. The summed E-state index contributed by atoms with van der Waals surface area (Å²) in [5.41, 5.74) is 0.708. The third-order valence-electron chi connectivity index (χ3n) is 2.62. The molecule has 0 saturated carbocycles. The van der Waals surface area contributed by atoms with Crippen LogP contribution in [0.25, 0.3) is 0 Å². The molecule has 0 aliphatic carbocycles. The molecule has 0 aliphatic heterocycles. The Morgan fingerprint density at radius 3 is 2.60 bits per heavy atom. The van der Waals surface area contributed by atoms with Gasteiger partial charge in [-0.25, -0.2) is 0 Å². The molecule has 0 aromatic heterocycles. The first-order valence-electron chi connectivity index (χ1n) is 6.40. The summed E-state index contributed by atoms with van der Waals surface area (Å²) in [5.74, 6) is -0.926. The van der Waals surface area contributed by atoms with Crippen LogP contribution in [0.1, 0.15) is 20.3 Å². The highest BCUT2D eigenvalue weighted by Crippen LogP contribution is 2.12. The van der Waals surface area contributed by atoms with Crippen LogP contribution >= 0.6 is 22.6 Å². The summed E-state index contributed by atoms with van der Waals surface area (Å²) < 4.78 is 1.02. The van der Waals surface area contributed by atoms with Gasteiger partial charge in [-0.2, -0.15) is 0 Å². The topological polar surface area (TPSA) is 78.4 Å². The van der Waals surface area contributed by atoms with Crippen LogP contribution in [-0.4, -0.2) is 29.6 Å². The molecule has 0 fully saturated rings. The lowest BCUT2D eigenvalue weighted by Crippen LogP contribution is -2.42. The maximum Gasteiger partial charge on any atom is 0.320 e. The quantitative estimate of drug-likeness (QED) is 0.625. The van der Waals surface area contributed by atoms with Crippen molar-refractivity contribution in [1.82, 2.24) is 5.32 Å². The Bertz CT molecular complexity index is 477. The monoisotopic (exact) mass is 390 g/mol. The van der Waals surface area contributed by atoms with Crippen LogP contribution in [0.15, 0.2) is 24.3 Å². The van der Waals surface area contributed by atoms with Gasteiger partial charge in [-0.05, 0) is 53.1 Å². The highest BCUT2D eigenvalue weighted by atomic mass is 127. The first kappa shape index (κ1) is 16.9. The Labute approximate surface area is 132 Å². The van der Waals surface area contributed by atoms with Crippen molar-refractivity contribution in [2.45, 2.75) is 26.3 Å². The Balaban J connectivity index is 2.47. The molecule has 1 aromatic carbocycles. The van der Waals surface area contributed by atoms with Crippen LogP contribution in [0.2, 0.25) is 0 Å². The predicted octanol–water partition coefficient (Wildman–Crippen LogP) is 2.32. The van der Waals surface area contributed by atoms with E-state index in [9.17, 15) is 9.59 Å². The third kappa shape index (κ3) is 6.33. The summed E-state index contributed by atoms with van der Waals surface area (Å²) >= 11 is 2.16. The van der Waals surface area contributed by atoms with Gasteiger partial charge in [0, 0.05) is 9.26 Å². The zero-order valence-electron chi connectivity index (χ0n) is 11.5. The molecule has 20 heavy (non-hydrogen) atoms. The van der Waals surface area contributed by atoms with Gasteiger partial charge in [-0.15, -0.1) is 0 Å². The largest absolute Gasteiger partial charge is 0.480 e. The van der Waals surface area contributed by atoms with E-state index in [2.05, 4.69) is 33.2 Å². The number of halogens is 1. The van der Waals surface area contributed by atoms with Gasteiger partial charge in [0.1, 0.15) is 6.04 Å². The van der Waals surface area contributed by atoms with E-state index < -0.39 is 12.0 Å². The van der Waals surface area contributed by atoms with Gasteiger partial charge in [0.25, 0.3) is 0 Å². The van der Waals surface area contributed by atoms with E-state index >= 15 is 0 Å². The second-order valence-electron chi connectivity index (χ2n) is 4.96. The van der Waals surface area contributed by atoms with E-state index in [4.69, 9.17) is 5.11 Å². The van der Waals surface area contributed by atoms with Gasteiger partial charge < -0.3 is 10.4 Å². The van der Waals surface area contributed by atoms with Crippen molar-refractivity contribution in [1.29, 1.82) is 0 Å². The average Bonchev–Trinajstić information content (AvgIpc) is 2.33. The van der Waals surface area contributed by atoms with Crippen molar-refractivity contribution in [2.75, 3.05) is 11.9 Å². The Hall–Kier alpha value is -1.15. The summed E-state index contributed by atoms with van der Waals surface area (Å²) in [6, 6.07) is 6.72. The molecule has 0 spiro atoms. The molecule has 5 nitrogen and oxygen atoms in total. The standard InChI is InChI=1S/C14H19IN2O3/c1-9(2)6-12(14(19)20)16-8-13(18)17-11-5-3-4-10(15)7-11/h3-5,7,9,12,16H,6,8H2,1-2H3,(H,17,18)(H,19,20). The molecule has 1 atom stereocenters. The number of amides is 1. The van der Waals surface area contributed by atoms with E-state index in [1.165, 1.54) is 0 Å². The van der Waals surface area contributed by atoms with Crippen molar-refractivity contribution in [2.24, 2.45) is 5.92 Å². The zero-order chi connectivity index (χ0) is 15.1. The Morgan fingerprint density at radius 2 is 2.05 bits per heavy atom. The second-order valence-corrected chi connectivity index (χ2v) is 6.21. The van der Waals surface area contributed by atoms with Gasteiger partial charge in [0.15, 0.2) is 0 Å². The van der Waals surface area contributed by atoms with E-state index in [-0.39, 0.29) is 18.4 Å². The average molecular weight is 390 g/mol. The van der Waals surface area contributed by atoms with Crippen molar-refractivity contribution < 1.29 is 14.7 Å². The molecule has 3 N–H and O–H groups in total. The summed E-state index contributed by atoms with van der Waals surface area (Å²) in [6.45, 7) is 3.88. The SMILES string of the molecule is CC(C)CC(NCC(=O)Nc1cccc(I)c1)C(=O)O. The number of carbonyl (C=O) groups is 2. The molecule has 0 aliphatic rings. The molecule has 0 heterocycles. The minimum Gasteiger partial charge on any atom is -0.480 e. The van der Waals surface area contributed by atoms with Crippen LogP contribution < -0.4 is 10.6 Å². The van der Waals surface area contributed by atoms with Gasteiger partial charge in [-0.1, -0.05) is 19.9 Å². The van der Waals surface area contributed by atoms with E-state index in [1.807, 2.05) is 32.0 Å². The molecule has 0 saturated heterocycles. The molecule has 1 rings (SSSR count). The number of rotatable bonds is 7. The fraction of sp³-hybridized carbons (Fsp3) is 0.429. The fourth-order valence-corrected chi connectivity index (χ4v) is 2.27. The number of benzene rings is 1. The molecule has 1 amide bonds. The summed E-state index contributed by atoms with van der Waals surface area (Å²) in [5, 5.41) is 14.6. The van der Waals surface area contributed by atoms with E-state index in [0.29, 0.717) is 12.1 Å². The van der Waals surface area contributed by atoms with Gasteiger partial charge in [-0.3, -0.25) is 14.9 Å². The lowest BCUT2D eigenvalue weighted by atomic mass is 10.0. The van der Waals surface area contributed by atoms with Crippen LogP contribution in [0.4, 0.5) is 5.69 Å². The lowest BCUT2D eigenvalue weighted by molar-refractivity contribution is -0.139. The van der Waals surface area contributed by atoms with Crippen LogP contribution in [-0.2, 0) is 9.59 Å². The van der Waals surface area contributed by atoms with Crippen molar-refractivity contribution in [3.05, 3.63) is 27.8 Å². The summed E-state index contributed by atoms with van der Waals surface area (Å²) in [6.07, 6.45) is 0.492. The highest BCUT2D eigenvalue weighted by Gasteiger charge is 2.19. The van der Waals surface area contributed by atoms with E-state index in [0.717, 1.165) is 3.57 Å². The number of anilines is 1. The smallest absolute Gasteiger partial charge is 0.320 e. The molecule has 0 bridgehead atoms. The first-order valence-corrected chi connectivity index (χ1v) is 7.48. The third-order valence-corrected chi connectivity index (χ3v) is 3.29. The minimum atomic E-state index is -0.930. The number of hydrogen-bond acceptors (Lipinski definition) is 3. The van der Waals surface area contributed by atoms with Crippen LogP contribution in [0, 0.1) is 9.49 Å². The maximum absolute atomic E-state index is 11.8. The van der Waals surface area contributed by atoms with Crippen molar-refractivity contribution in [3.8, 4) is 0 Å². The maximum atomic E-state index is 11.8. The van der Waals surface area contributed by atoms with Crippen LogP contribution in [0.5, 0.6) is 0 Å². The summed E-state index contributed by atoms with van der Waals surface area (Å²) in [7, 11) is 0. The van der Waals surface area contributed by atoms with Gasteiger partial charge >= 0.3 is 5.97 Å². The molecule has 1 aromatic rings. The fourth-order valence-electron chi connectivity index (χ4n) is 1.73.